The molecule has 0 bridgehead atoms. The van der Waals surface area contributed by atoms with Gasteiger partial charge in [-0.1, -0.05) is 25.0 Å². The topological polar surface area (TPSA) is 106 Å². The summed E-state index contributed by atoms with van der Waals surface area (Å²) >= 11 is 0. The number of nitro groups is 1. The lowest BCUT2D eigenvalue weighted by atomic mass is 9.78. The lowest BCUT2D eigenvalue weighted by Gasteiger charge is -2.25. The summed E-state index contributed by atoms with van der Waals surface area (Å²) in [6.45, 7) is 0. The molecule has 6 nitrogen and oxygen atoms in total. The molecule has 2 rings (SSSR count). The number of carboxylic acid groups (broad SMARTS) is 1. The molecule has 1 fully saturated rings. The number of benzene rings is 1. The molecule has 0 radical (unpaired) electrons. The van der Waals surface area contributed by atoms with Crippen molar-refractivity contribution in [1.82, 2.24) is 0 Å². The summed E-state index contributed by atoms with van der Waals surface area (Å²) in [7, 11) is 0. The molecule has 0 atom stereocenters. The summed E-state index contributed by atoms with van der Waals surface area (Å²) in [4.78, 5) is 21.8. The Morgan fingerprint density at radius 1 is 1.39 bits per heavy atom. The van der Waals surface area contributed by atoms with E-state index in [4.69, 9.17) is 5.73 Å². The fourth-order valence-corrected chi connectivity index (χ4v) is 2.71. The van der Waals surface area contributed by atoms with Gasteiger partial charge in [-0.25, -0.2) is 0 Å². The summed E-state index contributed by atoms with van der Waals surface area (Å²) in [5, 5.41) is 20.3. The molecule has 1 saturated carbocycles. The Bertz CT molecular complexity index is 507. The van der Waals surface area contributed by atoms with Crippen LogP contribution in [-0.4, -0.2) is 16.0 Å². The summed E-state index contributed by atoms with van der Waals surface area (Å²) < 4.78 is 0. The molecule has 0 aromatic heterocycles. The highest BCUT2D eigenvalue weighted by atomic mass is 16.6. The van der Waals surface area contributed by atoms with E-state index in [0.717, 1.165) is 12.8 Å². The molecular weight excluding hydrogens is 236 g/mol. The maximum atomic E-state index is 11.5. The molecule has 1 aromatic carbocycles. The molecule has 0 saturated heterocycles. The van der Waals surface area contributed by atoms with Gasteiger partial charge in [-0.2, -0.15) is 0 Å². The van der Waals surface area contributed by atoms with Crippen LogP contribution in [0.4, 0.5) is 11.4 Å². The molecule has 1 aliphatic carbocycles. The first kappa shape index (κ1) is 12.3. The Kier molecular flexibility index (Phi) is 2.94. The molecule has 0 aliphatic heterocycles. The van der Waals surface area contributed by atoms with E-state index in [-0.39, 0.29) is 11.4 Å². The van der Waals surface area contributed by atoms with Crippen molar-refractivity contribution in [3.05, 3.63) is 33.9 Å². The predicted molar refractivity (Wildman–Crippen MR) is 65.3 cm³/mol. The maximum absolute atomic E-state index is 11.5. The third kappa shape index (κ3) is 1.70. The SMILES string of the molecule is Nc1c([N+](=O)[O-])cccc1C1(C(=O)O)CCCC1. The number of nitrogen functional groups attached to an aromatic ring is 1. The molecule has 1 aromatic rings. The van der Waals surface area contributed by atoms with Crippen molar-refractivity contribution in [3.8, 4) is 0 Å². The lowest BCUT2D eigenvalue weighted by molar-refractivity contribution is -0.384. The van der Waals surface area contributed by atoms with E-state index in [1.165, 1.54) is 12.1 Å². The molecular formula is C12H14N2O4. The Morgan fingerprint density at radius 2 is 2.00 bits per heavy atom. The molecule has 0 heterocycles. The fraction of sp³-hybridized carbons (Fsp3) is 0.417. The van der Waals surface area contributed by atoms with Crippen LogP contribution in [-0.2, 0) is 10.2 Å². The van der Waals surface area contributed by atoms with Crippen molar-refractivity contribution in [3.63, 3.8) is 0 Å². The second-order valence-corrected chi connectivity index (χ2v) is 4.59. The van der Waals surface area contributed by atoms with Crippen molar-refractivity contribution < 1.29 is 14.8 Å². The first-order valence-corrected chi connectivity index (χ1v) is 5.76. The minimum absolute atomic E-state index is 0.0215. The van der Waals surface area contributed by atoms with E-state index >= 15 is 0 Å². The molecule has 3 N–H and O–H groups in total. The first-order chi connectivity index (χ1) is 8.49. The number of nitrogens with zero attached hydrogens (tertiary/aromatic N) is 1. The maximum Gasteiger partial charge on any atom is 0.314 e. The normalized spacial score (nSPS) is 17.6. The van der Waals surface area contributed by atoms with Gasteiger partial charge in [-0.3, -0.25) is 14.9 Å². The number of carbonyl (C=O) groups is 1. The Morgan fingerprint density at radius 3 is 2.50 bits per heavy atom. The monoisotopic (exact) mass is 250 g/mol. The van der Waals surface area contributed by atoms with Crippen LogP contribution in [0.5, 0.6) is 0 Å². The van der Waals surface area contributed by atoms with Crippen LogP contribution in [0.25, 0.3) is 0 Å². The zero-order valence-electron chi connectivity index (χ0n) is 9.76. The van der Waals surface area contributed by atoms with Crippen molar-refractivity contribution in [2.75, 3.05) is 5.73 Å². The second-order valence-electron chi connectivity index (χ2n) is 4.59. The van der Waals surface area contributed by atoms with Gasteiger partial charge in [-0.15, -0.1) is 0 Å². The average molecular weight is 250 g/mol. The van der Waals surface area contributed by atoms with Crippen LogP contribution in [0.3, 0.4) is 0 Å². The number of carboxylic acids is 1. The molecule has 96 valence electrons. The van der Waals surface area contributed by atoms with Crippen LogP contribution in [0.1, 0.15) is 31.2 Å². The number of hydrogen-bond donors (Lipinski definition) is 2. The van der Waals surface area contributed by atoms with Crippen LogP contribution in [0, 0.1) is 10.1 Å². The smallest absolute Gasteiger partial charge is 0.314 e. The van der Waals surface area contributed by atoms with E-state index < -0.39 is 16.3 Å². The van der Waals surface area contributed by atoms with Crippen molar-refractivity contribution in [2.45, 2.75) is 31.1 Å². The number of nitro benzene ring substituents is 1. The number of anilines is 1. The van der Waals surface area contributed by atoms with E-state index in [0.29, 0.717) is 18.4 Å². The van der Waals surface area contributed by atoms with Gasteiger partial charge in [0.25, 0.3) is 5.69 Å². The molecule has 18 heavy (non-hydrogen) atoms. The molecule has 0 unspecified atom stereocenters. The standard InChI is InChI=1S/C12H14N2O4/c13-10-8(4-3-5-9(10)14(17)18)12(11(15)16)6-1-2-7-12/h3-5H,1-2,6-7,13H2,(H,15,16). The van der Waals surface area contributed by atoms with E-state index in [1.54, 1.807) is 6.07 Å². The molecule has 6 heteroatoms. The molecule has 1 aliphatic rings. The van der Waals surface area contributed by atoms with Gasteiger partial charge < -0.3 is 10.8 Å². The minimum atomic E-state index is -1.06. The number of para-hydroxylation sites is 1. The van der Waals surface area contributed by atoms with E-state index in [9.17, 15) is 20.0 Å². The second kappa shape index (κ2) is 4.29. The van der Waals surface area contributed by atoms with E-state index in [2.05, 4.69) is 0 Å². The van der Waals surface area contributed by atoms with Gasteiger partial charge in [0.15, 0.2) is 0 Å². The lowest BCUT2D eigenvalue weighted by Crippen LogP contribution is -2.33. The first-order valence-electron chi connectivity index (χ1n) is 5.76. The van der Waals surface area contributed by atoms with Crippen LogP contribution < -0.4 is 5.73 Å². The summed E-state index contributed by atoms with van der Waals surface area (Å²) in [5.41, 5.74) is 4.86. The highest BCUT2D eigenvalue weighted by Gasteiger charge is 2.45. The van der Waals surface area contributed by atoms with Crippen molar-refractivity contribution in [2.24, 2.45) is 0 Å². The number of aliphatic carboxylic acids is 1. The molecule has 0 amide bonds. The number of rotatable bonds is 3. The Balaban J connectivity index is 2.59. The van der Waals surface area contributed by atoms with Gasteiger partial charge in [0.2, 0.25) is 0 Å². The largest absolute Gasteiger partial charge is 0.481 e. The fourth-order valence-electron chi connectivity index (χ4n) is 2.71. The zero-order valence-corrected chi connectivity index (χ0v) is 9.76. The van der Waals surface area contributed by atoms with Gasteiger partial charge in [0.1, 0.15) is 5.69 Å². The minimum Gasteiger partial charge on any atom is -0.481 e. The summed E-state index contributed by atoms with van der Waals surface area (Å²) in [5.74, 6) is -0.952. The zero-order chi connectivity index (χ0) is 13.3. The van der Waals surface area contributed by atoms with Crippen molar-refractivity contribution >= 4 is 17.3 Å². The van der Waals surface area contributed by atoms with E-state index in [1.807, 2.05) is 0 Å². The van der Waals surface area contributed by atoms with Gasteiger partial charge >= 0.3 is 5.97 Å². The Hall–Kier alpha value is -2.11. The van der Waals surface area contributed by atoms with Crippen LogP contribution in [0.2, 0.25) is 0 Å². The highest BCUT2D eigenvalue weighted by Crippen LogP contribution is 2.45. The van der Waals surface area contributed by atoms with Gasteiger partial charge in [0, 0.05) is 6.07 Å². The van der Waals surface area contributed by atoms with Crippen LogP contribution in [0.15, 0.2) is 18.2 Å². The van der Waals surface area contributed by atoms with Gasteiger partial charge in [-0.05, 0) is 18.4 Å². The highest BCUT2D eigenvalue weighted by molar-refractivity contribution is 5.85. The summed E-state index contributed by atoms with van der Waals surface area (Å²) in [6, 6.07) is 4.37. The average Bonchev–Trinajstić information content (AvgIpc) is 2.79. The predicted octanol–water partition coefficient (Wildman–Crippen LogP) is 2.07. The summed E-state index contributed by atoms with van der Waals surface area (Å²) in [6.07, 6.45) is 2.56. The van der Waals surface area contributed by atoms with Crippen molar-refractivity contribution in [1.29, 1.82) is 0 Å². The number of nitrogens with two attached hydrogens (primary N) is 1. The third-order valence-electron chi connectivity index (χ3n) is 3.66. The van der Waals surface area contributed by atoms with Crippen LogP contribution >= 0.6 is 0 Å². The third-order valence-corrected chi connectivity index (χ3v) is 3.66. The van der Waals surface area contributed by atoms with Gasteiger partial charge in [0.05, 0.1) is 10.3 Å². The number of hydrogen-bond acceptors (Lipinski definition) is 4. The quantitative estimate of drug-likeness (QED) is 0.485. The Labute approximate surface area is 104 Å². The molecule has 0 spiro atoms.